The van der Waals surface area contributed by atoms with Gasteiger partial charge in [-0.2, -0.15) is 0 Å². The Hall–Kier alpha value is -1.44. The maximum absolute atomic E-state index is 13.8. The van der Waals surface area contributed by atoms with E-state index in [-0.39, 0.29) is 12.2 Å². The SMILES string of the molecule is Cc1cc(F)c(S(=O)(=O)NCc2ccccc2Br)cc1N. The van der Waals surface area contributed by atoms with Gasteiger partial charge >= 0.3 is 0 Å². The van der Waals surface area contributed by atoms with Gasteiger partial charge in [-0.05, 0) is 36.2 Å². The van der Waals surface area contributed by atoms with Gasteiger partial charge in [0, 0.05) is 16.7 Å². The van der Waals surface area contributed by atoms with Gasteiger partial charge in [0.2, 0.25) is 10.0 Å². The van der Waals surface area contributed by atoms with Gasteiger partial charge < -0.3 is 5.73 Å². The van der Waals surface area contributed by atoms with Gasteiger partial charge in [-0.3, -0.25) is 0 Å². The molecule has 0 aliphatic carbocycles. The first-order valence-electron chi connectivity index (χ1n) is 6.10. The van der Waals surface area contributed by atoms with Crippen LogP contribution in [-0.2, 0) is 16.6 Å². The molecule has 0 amide bonds. The number of benzene rings is 2. The zero-order valence-corrected chi connectivity index (χ0v) is 13.6. The van der Waals surface area contributed by atoms with E-state index in [2.05, 4.69) is 20.7 Å². The minimum Gasteiger partial charge on any atom is -0.398 e. The van der Waals surface area contributed by atoms with Crippen LogP contribution < -0.4 is 10.5 Å². The molecule has 112 valence electrons. The van der Waals surface area contributed by atoms with Crippen LogP contribution in [0.2, 0.25) is 0 Å². The van der Waals surface area contributed by atoms with E-state index in [9.17, 15) is 12.8 Å². The van der Waals surface area contributed by atoms with E-state index in [0.29, 0.717) is 5.56 Å². The van der Waals surface area contributed by atoms with Gasteiger partial charge in [0.15, 0.2) is 0 Å². The van der Waals surface area contributed by atoms with E-state index in [0.717, 1.165) is 22.2 Å². The Morgan fingerprint density at radius 1 is 1.29 bits per heavy atom. The van der Waals surface area contributed by atoms with Crippen LogP contribution in [-0.4, -0.2) is 8.42 Å². The average Bonchev–Trinajstić information content (AvgIpc) is 2.42. The number of nitrogens with two attached hydrogens (primary N) is 1. The van der Waals surface area contributed by atoms with Crippen molar-refractivity contribution in [3.05, 3.63) is 57.8 Å². The van der Waals surface area contributed by atoms with Crippen LogP contribution in [0.3, 0.4) is 0 Å². The lowest BCUT2D eigenvalue weighted by atomic mass is 10.2. The molecule has 3 N–H and O–H groups in total. The quantitative estimate of drug-likeness (QED) is 0.810. The Bertz CT molecular complexity index is 779. The minimum atomic E-state index is -3.97. The second-order valence-electron chi connectivity index (χ2n) is 4.56. The molecule has 2 rings (SSSR count). The summed E-state index contributed by atoms with van der Waals surface area (Å²) in [7, 11) is -3.97. The molecule has 0 aliphatic rings. The predicted octanol–water partition coefficient (Wildman–Crippen LogP) is 2.96. The van der Waals surface area contributed by atoms with E-state index in [1.54, 1.807) is 25.1 Å². The maximum atomic E-state index is 13.8. The van der Waals surface area contributed by atoms with Crippen LogP contribution in [0.1, 0.15) is 11.1 Å². The Balaban J connectivity index is 2.27. The molecule has 0 radical (unpaired) electrons. The van der Waals surface area contributed by atoms with Crippen LogP contribution in [0.25, 0.3) is 0 Å². The summed E-state index contributed by atoms with van der Waals surface area (Å²) in [6, 6.07) is 9.43. The van der Waals surface area contributed by atoms with E-state index in [1.165, 1.54) is 0 Å². The molecule has 7 heteroatoms. The summed E-state index contributed by atoms with van der Waals surface area (Å²) < 4.78 is 41.3. The first kappa shape index (κ1) is 15.9. The predicted molar refractivity (Wildman–Crippen MR) is 83.7 cm³/mol. The Labute approximate surface area is 131 Å². The lowest BCUT2D eigenvalue weighted by Gasteiger charge is -2.10. The van der Waals surface area contributed by atoms with Crippen molar-refractivity contribution in [2.45, 2.75) is 18.4 Å². The summed E-state index contributed by atoms with van der Waals surface area (Å²) in [6.07, 6.45) is 0. The van der Waals surface area contributed by atoms with Gasteiger partial charge in [0.25, 0.3) is 0 Å². The molecule has 0 saturated carbocycles. The van der Waals surface area contributed by atoms with Crippen molar-refractivity contribution in [1.29, 1.82) is 0 Å². The number of hydrogen-bond acceptors (Lipinski definition) is 3. The zero-order valence-electron chi connectivity index (χ0n) is 11.2. The van der Waals surface area contributed by atoms with Crippen LogP contribution in [0.5, 0.6) is 0 Å². The lowest BCUT2D eigenvalue weighted by Crippen LogP contribution is -2.24. The Kier molecular flexibility index (Phi) is 4.65. The summed E-state index contributed by atoms with van der Waals surface area (Å²) in [6.45, 7) is 1.67. The summed E-state index contributed by atoms with van der Waals surface area (Å²) in [4.78, 5) is -0.447. The molecule has 0 unspecified atom stereocenters. The largest absolute Gasteiger partial charge is 0.398 e. The number of anilines is 1. The summed E-state index contributed by atoms with van der Waals surface area (Å²) in [5.74, 6) is -0.818. The van der Waals surface area contributed by atoms with Crippen molar-refractivity contribution in [3.8, 4) is 0 Å². The molecule has 0 bridgehead atoms. The highest BCUT2D eigenvalue weighted by molar-refractivity contribution is 9.10. The normalized spacial score (nSPS) is 11.6. The molecule has 0 fully saturated rings. The van der Waals surface area contributed by atoms with Gasteiger partial charge in [-0.25, -0.2) is 17.5 Å². The number of sulfonamides is 1. The molecule has 0 spiro atoms. The zero-order chi connectivity index (χ0) is 15.6. The number of halogens is 2. The molecule has 4 nitrogen and oxygen atoms in total. The van der Waals surface area contributed by atoms with Crippen LogP contribution in [0.4, 0.5) is 10.1 Å². The van der Waals surface area contributed by atoms with E-state index in [4.69, 9.17) is 5.73 Å². The van der Waals surface area contributed by atoms with E-state index < -0.39 is 20.7 Å². The summed E-state index contributed by atoms with van der Waals surface area (Å²) in [5, 5.41) is 0. The molecular formula is C14H14BrFN2O2S. The van der Waals surface area contributed by atoms with E-state index in [1.807, 2.05) is 6.07 Å². The molecule has 0 saturated heterocycles. The number of aryl methyl sites for hydroxylation is 1. The average molecular weight is 373 g/mol. The van der Waals surface area contributed by atoms with Crippen molar-refractivity contribution >= 4 is 31.6 Å². The first-order valence-corrected chi connectivity index (χ1v) is 8.37. The van der Waals surface area contributed by atoms with Gasteiger partial charge in [0.1, 0.15) is 10.7 Å². The lowest BCUT2D eigenvalue weighted by molar-refractivity contribution is 0.556. The van der Waals surface area contributed by atoms with Crippen LogP contribution >= 0.6 is 15.9 Å². The van der Waals surface area contributed by atoms with Crippen molar-refractivity contribution in [3.63, 3.8) is 0 Å². The number of nitrogen functional groups attached to an aromatic ring is 1. The molecular weight excluding hydrogens is 359 g/mol. The fraction of sp³-hybridized carbons (Fsp3) is 0.143. The van der Waals surface area contributed by atoms with Crippen molar-refractivity contribution in [2.24, 2.45) is 0 Å². The monoisotopic (exact) mass is 372 g/mol. The van der Waals surface area contributed by atoms with Crippen molar-refractivity contribution in [2.75, 3.05) is 5.73 Å². The maximum Gasteiger partial charge on any atom is 0.243 e. The van der Waals surface area contributed by atoms with Gasteiger partial charge in [0.05, 0.1) is 0 Å². The molecule has 0 aromatic heterocycles. The number of hydrogen-bond donors (Lipinski definition) is 2. The van der Waals surface area contributed by atoms with Crippen LogP contribution in [0.15, 0.2) is 45.8 Å². The first-order chi connectivity index (χ1) is 9.81. The standard InChI is InChI=1S/C14H14BrFN2O2S/c1-9-6-12(16)14(7-13(9)17)21(19,20)18-8-10-4-2-3-5-11(10)15/h2-7,18H,8,17H2,1H3. The molecule has 0 heterocycles. The fourth-order valence-electron chi connectivity index (χ4n) is 1.77. The van der Waals surface area contributed by atoms with Crippen molar-refractivity contribution in [1.82, 2.24) is 4.72 Å². The molecule has 0 aliphatic heterocycles. The highest BCUT2D eigenvalue weighted by Crippen LogP contribution is 2.22. The highest BCUT2D eigenvalue weighted by Gasteiger charge is 2.20. The highest BCUT2D eigenvalue weighted by atomic mass is 79.9. The third-order valence-corrected chi connectivity index (χ3v) is 5.21. The minimum absolute atomic E-state index is 0.0526. The second-order valence-corrected chi connectivity index (χ2v) is 7.14. The van der Waals surface area contributed by atoms with Crippen molar-refractivity contribution < 1.29 is 12.8 Å². The van der Waals surface area contributed by atoms with E-state index >= 15 is 0 Å². The van der Waals surface area contributed by atoms with Crippen LogP contribution in [0, 0.1) is 12.7 Å². The fourth-order valence-corrected chi connectivity index (χ4v) is 3.29. The second kappa shape index (κ2) is 6.13. The third-order valence-electron chi connectivity index (χ3n) is 3.02. The smallest absolute Gasteiger partial charge is 0.243 e. The number of nitrogens with one attached hydrogen (secondary N) is 1. The summed E-state index contributed by atoms with van der Waals surface area (Å²) in [5.41, 5.74) is 7.13. The number of rotatable bonds is 4. The summed E-state index contributed by atoms with van der Waals surface area (Å²) >= 11 is 3.33. The molecule has 21 heavy (non-hydrogen) atoms. The topological polar surface area (TPSA) is 72.2 Å². The molecule has 2 aromatic rings. The Morgan fingerprint density at radius 2 is 1.95 bits per heavy atom. The Morgan fingerprint density at radius 3 is 2.62 bits per heavy atom. The third kappa shape index (κ3) is 3.61. The van der Waals surface area contributed by atoms with Gasteiger partial charge in [-0.15, -0.1) is 0 Å². The molecule has 0 atom stereocenters. The van der Waals surface area contributed by atoms with Gasteiger partial charge in [-0.1, -0.05) is 34.1 Å². The molecule has 2 aromatic carbocycles.